The number of fused-ring (bicyclic) bond motifs is 1. The first-order valence-electron chi connectivity index (χ1n) is 7.47. The van der Waals surface area contributed by atoms with Gasteiger partial charge in [0.1, 0.15) is 5.75 Å². The van der Waals surface area contributed by atoms with Crippen molar-refractivity contribution in [3.63, 3.8) is 0 Å². The van der Waals surface area contributed by atoms with Crippen LogP contribution in [-0.4, -0.2) is 36.0 Å². The van der Waals surface area contributed by atoms with Gasteiger partial charge in [-0.15, -0.1) is 0 Å². The Labute approximate surface area is 138 Å². The van der Waals surface area contributed by atoms with Crippen molar-refractivity contribution >= 4 is 17.8 Å². The largest absolute Gasteiger partial charge is 0.494 e. The van der Waals surface area contributed by atoms with Crippen LogP contribution in [0.5, 0.6) is 5.75 Å². The third-order valence-corrected chi connectivity index (χ3v) is 3.60. The van der Waals surface area contributed by atoms with Crippen molar-refractivity contribution in [2.45, 2.75) is 6.92 Å². The summed E-state index contributed by atoms with van der Waals surface area (Å²) < 4.78 is 10.4. The number of nitrogens with zero attached hydrogens (tertiary/aromatic N) is 1. The van der Waals surface area contributed by atoms with E-state index in [1.807, 2.05) is 6.92 Å². The Morgan fingerprint density at radius 2 is 1.54 bits per heavy atom. The first kappa shape index (κ1) is 15.7. The molecule has 0 fully saturated rings. The molecule has 0 spiro atoms. The molecule has 0 radical (unpaired) electrons. The second-order valence-electron chi connectivity index (χ2n) is 5.10. The van der Waals surface area contributed by atoms with Gasteiger partial charge in [0.05, 0.1) is 23.3 Å². The second kappa shape index (κ2) is 6.54. The van der Waals surface area contributed by atoms with Crippen molar-refractivity contribution in [3.8, 4) is 5.75 Å². The Balaban J connectivity index is 1.65. The van der Waals surface area contributed by atoms with Gasteiger partial charge in [0, 0.05) is 0 Å². The number of carbonyl (C=O) groups is 3. The maximum atomic E-state index is 12.2. The predicted molar refractivity (Wildman–Crippen MR) is 84.8 cm³/mol. The van der Waals surface area contributed by atoms with E-state index >= 15 is 0 Å². The van der Waals surface area contributed by atoms with Gasteiger partial charge >= 0.3 is 5.97 Å². The molecule has 0 saturated heterocycles. The highest BCUT2D eigenvalue weighted by atomic mass is 16.5. The zero-order valence-electron chi connectivity index (χ0n) is 13.0. The molecule has 2 amide bonds. The van der Waals surface area contributed by atoms with E-state index in [9.17, 15) is 14.4 Å². The van der Waals surface area contributed by atoms with Crippen LogP contribution >= 0.6 is 0 Å². The monoisotopic (exact) mass is 325 g/mol. The minimum atomic E-state index is -0.616. The molecule has 0 unspecified atom stereocenters. The van der Waals surface area contributed by atoms with E-state index in [0.717, 1.165) is 4.90 Å². The van der Waals surface area contributed by atoms with Gasteiger partial charge < -0.3 is 9.47 Å². The van der Waals surface area contributed by atoms with Crippen LogP contribution in [-0.2, 0) is 4.74 Å². The molecule has 6 heteroatoms. The molecule has 6 nitrogen and oxygen atoms in total. The number of ether oxygens (including phenoxy) is 2. The summed E-state index contributed by atoms with van der Waals surface area (Å²) in [5, 5.41) is 0. The molecule has 2 aromatic rings. The first-order chi connectivity index (χ1) is 11.6. The lowest BCUT2D eigenvalue weighted by Crippen LogP contribution is -2.33. The normalized spacial score (nSPS) is 13.0. The summed E-state index contributed by atoms with van der Waals surface area (Å²) in [6, 6.07) is 12.9. The molecule has 1 heterocycles. The van der Waals surface area contributed by atoms with Crippen LogP contribution in [0.25, 0.3) is 0 Å². The van der Waals surface area contributed by atoms with Crippen molar-refractivity contribution in [1.29, 1.82) is 0 Å². The number of benzene rings is 2. The number of carbonyl (C=O) groups excluding carboxylic acids is 3. The first-order valence-corrected chi connectivity index (χ1v) is 7.47. The van der Waals surface area contributed by atoms with Gasteiger partial charge in [-0.05, 0) is 43.3 Å². The van der Waals surface area contributed by atoms with E-state index in [-0.39, 0.29) is 0 Å². The summed E-state index contributed by atoms with van der Waals surface area (Å²) >= 11 is 0. The van der Waals surface area contributed by atoms with Crippen LogP contribution in [0.15, 0.2) is 48.5 Å². The van der Waals surface area contributed by atoms with Crippen LogP contribution in [0.3, 0.4) is 0 Å². The average Bonchev–Trinajstić information content (AvgIpc) is 2.85. The van der Waals surface area contributed by atoms with E-state index in [4.69, 9.17) is 9.47 Å². The van der Waals surface area contributed by atoms with Crippen molar-refractivity contribution < 1.29 is 23.9 Å². The average molecular weight is 325 g/mol. The van der Waals surface area contributed by atoms with E-state index in [1.165, 1.54) is 0 Å². The maximum Gasteiger partial charge on any atom is 0.339 e. The highest BCUT2D eigenvalue weighted by molar-refractivity contribution is 6.21. The van der Waals surface area contributed by atoms with Crippen molar-refractivity contribution in [2.75, 3.05) is 13.3 Å². The fraction of sp³-hybridized carbons (Fsp3) is 0.167. The Hall–Kier alpha value is -3.15. The van der Waals surface area contributed by atoms with Gasteiger partial charge in [-0.1, -0.05) is 12.1 Å². The molecule has 0 bridgehead atoms. The van der Waals surface area contributed by atoms with Crippen LogP contribution in [0.4, 0.5) is 0 Å². The van der Waals surface area contributed by atoms with E-state index < -0.39 is 24.5 Å². The molecule has 1 aliphatic rings. The van der Waals surface area contributed by atoms with Crippen molar-refractivity contribution in [3.05, 3.63) is 65.2 Å². The molecule has 3 rings (SSSR count). The summed E-state index contributed by atoms with van der Waals surface area (Å²) in [4.78, 5) is 37.3. The molecular formula is C18H15NO5. The summed E-state index contributed by atoms with van der Waals surface area (Å²) in [5.41, 5.74) is 0.953. The molecule has 122 valence electrons. The van der Waals surface area contributed by atoms with E-state index in [1.54, 1.807) is 48.5 Å². The summed E-state index contributed by atoms with van der Waals surface area (Å²) in [5.74, 6) is -0.894. The predicted octanol–water partition coefficient (Wildman–Crippen LogP) is 2.50. The van der Waals surface area contributed by atoms with Crippen LogP contribution in [0.1, 0.15) is 38.0 Å². The molecule has 1 aliphatic heterocycles. The summed E-state index contributed by atoms with van der Waals surface area (Å²) in [6.45, 7) is 1.98. The lowest BCUT2D eigenvalue weighted by Gasteiger charge is -2.14. The third kappa shape index (κ3) is 2.86. The minimum absolute atomic E-state index is 0.315. The number of hydrogen-bond acceptors (Lipinski definition) is 5. The van der Waals surface area contributed by atoms with Gasteiger partial charge in [0.2, 0.25) is 0 Å². The summed E-state index contributed by atoms with van der Waals surface area (Å²) in [6.07, 6.45) is 0. The van der Waals surface area contributed by atoms with Crippen LogP contribution in [0, 0.1) is 0 Å². The fourth-order valence-electron chi connectivity index (χ4n) is 2.42. The van der Waals surface area contributed by atoms with Gasteiger partial charge in [-0.2, -0.15) is 0 Å². The van der Waals surface area contributed by atoms with E-state index in [0.29, 0.717) is 29.0 Å². The fourth-order valence-corrected chi connectivity index (χ4v) is 2.42. The van der Waals surface area contributed by atoms with Gasteiger partial charge in [-0.25, -0.2) is 9.69 Å². The molecule has 0 atom stereocenters. The Bertz CT molecular complexity index is 762. The molecule has 0 aromatic heterocycles. The topological polar surface area (TPSA) is 72.9 Å². The molecule has 2 aromatic carbocycles. The Morgan fingerprint density at radius 1 is 0.958 bits per heavy atom. The number of rotatable bonds is 5. The van der Waals surface area contributed by atoms with Gasteiger partial charge in [0.25, 0.3) is 11.8 Å². The lowest BCUT2D eigenvalue weighted by molar-refractivity contribution is 0.0228. The smallest absolute Gasteiger partial charge is 0.339 e. The zero-order valence-corrected chi connectivity index (χ0v) is 13.0. The summed E-state index contributed by atoms with van der Waals surface area (Å²) in [7, 11) is 0. The highest BCUT2D eigenvalue weighted by Gasteiger charge is 2.35. The molecule has 0 saturated carbocycles. The van der Waals surface area contributed by atoms with Gasteiger partial charge in [-0.3, -0.25) is 9.59 Å². The second-order valence-corrected chi connectivity index (χ2v) is 5.10. The third-order valence-electron chi connectivity index (χ3n) is 3.60. The number of hydrogen-bond donors (Lipinski definition) is 0. The highest BCUT2D eigenvalue weighted by Crippen LogP contribution is 2.22. The molecule has 24 heavy (non-hydrogen) atoms. The van der Waals surface area contributed by atoms with Gasteiger partial charge in [0.15, 0.2) is 6.73 Å². The minimum Gasteiger partial charge on any atom is -0.494 e. The van der Waals surface area contributed by atoms with E-state index in [2.05, 4.69) is 0 Å². The van der Waals surface area contributed by atoms with Crippen molar-refractivity contribution in [1.82, 2.24) is 4.90 Å². The number of esters is 1. The standard InChI is InChI=1S/C18H15NO5/c1-2-23-13-9-7-12(8-10-13)18(22)24-11-19-16(20)14-5-3-4-6-15(14)17(19)21/h3-10H,2,11H2,1H3. The SMILES string of the molecule is CCOc1ccc(C(=O)OCN2C(=O)c3ccccc3C2=O)cc1. The number of imide groups is 1. The number of amides is 2. The van der Waals surface area contributed by atoms with Crippen LogP contribution in [0.2, 0.25) is 0 Å². The molecular weight excluding hydrogens is 310 g/mol. The quantitative estimate of drug-likeness (QED) is 0.624. The Kier molecular flexibility index (Phi) is 4.29. The van der Waals surface area contributed by atoms with Crippen LogP contribution < -0.4 is 4.74 Å². The Morgan fingerprint density at radius 3 is 2.08 bits per heavy atom. The molecule has 0 N–H and O–H groups in total. The molecule has 0 aliphatic carbocycles. The van der Waals surface area contributed by atoms with Crippen molar-refractivity contribution in [2.24, 2.45) is 0 Å². The zero-order chi connectivity index (χ0) is 17.1. The maximum absolute atomic E-state index is 12.2. The lowest BCUT2D eigenvalue weighted by atomic mass is 10.1.